The molecule has 0 heterocycles. The lowest BCUT2D eigenvalue weighted by Gasteiger charge is -2.38. The molecule has 1 amide bonds. The highest BCUT2D eigenvalue weighted by molar-refractivity contribution is 9.10. The van der Waals surface area contributed by atoms with E-state index in [4.69, 9.17) is 9.47 Å². The number of amides is 1. The first-order valence-electron chi connectivity index (χ1n) is 10.4. The average molecular weight is 523 g/mol. The first kappa shape index (κ1) is 26.1. The van der Waals surface area contributed by atoms with Crippen molar-refractivity contribution >= 4 is 39.7 Å². The minimum atomic E-state index is -1.80. The number of halogens is 1. The summed E-state index contributed by atoms with van der Waals surface area (Å²) in [6.45, 7) is 5.11. The Balaban J connectivity index is 2.34. The van der Waals surface area contributed by atoms with Gasteiger partial charge in [0, 0.05) is 16.6 Å². The molecular formula is C23H27BrN2O7. The van der Waals surface area contributed by atoms with E-state index in [0.29, 0.717) is 12.0 Å². The Bertz CT molecular complexity index is 952. The van der Waals surface area contributed by atoms with Gasteiger partial charge < -0.3 is 20.0 Å². The van der Waals surface area contributed by atoms with Gasteiger partial charge in [0.1, 0.15) is 0 Å². The van der Waals surface area contributed by atoms with Gasteiger partial charge in [-0.05, 0) is 51.3 Å². The number of carboxylic acid groups (broad SMARTS) is 1. The molecular weight excluding hydrogens is 496 g/mol. The molecule has 0 aromatic heterocycles. The molecule has 33 heavy (non-hydrogen) atoms. The SMILES string of the molecule is CCOC(=O)C(=CNNC(=O)C1(C(=O)O)CC=C(C)CC1c1ccc(Br)cc1)C(=O)OCC. The summed E-state index contributed by atoms with van der Waals surface area (Å²) >= 11 is 3.36. The van der Waals surface area contributed by atoms with Gasteiger partial charge in [0.2, 0.25) is 0 Å². The van der Waals surface area contributed by atoms with E-state index in [-0.39, 0.29) is 19.6 Å². The summed E-state index contributed by atoms with van der Waals surface area (Å²) < 4.78 is 10.5. The fraction of sp³-hybridized carbons (Fsp3) is 0.391. The first-order valence-corrected chi connectivity index (χ1v) is 11.2. The van der Waals surface area contributed by atoms with Crippen molar-refractivity contribution in [3.05, 3.63) is 57.7 Å². The van der Waals surface area contributed by atoms with Crippen LogP contribution in [0.4, 0.5) is 0 Å². The van der Waals surface area contributed by atoms with Crippen molar-refractivity contribution in [2.75, 3.05) is 13.2 Å². The predicted molar refractivity (Wildman–Crippen MR) is 123 cm³/mol. The number of benzene rings is 1. The second-order valence-corrected chi connectivity index (χ2v) is 8.35. The topological polar surface area (TPSA) is 131 Å². The minimum Gasteiger partial charge on any atom is -0.480 e. The molecule has 1 aliphatic rings. The quantitative estimate of drug-likeness (QED) is 0.113. The van der Waals surface area contributed by atoms with E-state index >= 15 is 0 Å². The van der Waals surface area contributed by atoms with Gasteiger partial charge in [-0.2, -0.15) is 0 Å². The fourth-order valence-corrected chi connectivity index (χ4v) is 3.91. The molecule has 0 radical (unpaired) electrons. The lowest BCUT2D eigenvalue weighted by Crippen LogP contribution is -2.54. The first-order chi connectivity index (χ1) is 15.7. The van der Waals surface area contributed by atoms with Crippen molar-refractivity contribution in [3.63, 3.8) is 0 Å². The van der Waals surface area contributed by atoms with Crippen molar-refractivity contribution in [2.45, 2.75) is 39.5 Å². The number of carbonyl (C=O) groups excluding carboxylic acids is 3. The van der Waals surface area contributed by atoms with Crippen LogP contribution in [0.2, 0.25) is 0 Å². The van der Waals surface area contributed by atoms with Crippen LogP contribution in [-0.4, -0.2) is 42.1 Å². The maximum Gasteiger partial charge on any atom is 0.347 e. The molecule has 9 nitrogen and oxygen atoms in total. The molecule has 0 fully saturated rings. The molecule has 178 valence electrons. The predicted octanol–water partition coefficient (Wildman–Crippen LogP) is 2.97. The van der Waals surface area contributed by atoms with Gasteiger partial charge in [-0.15, -0.1) is 0 Å². The third-order valence-electron chi connectivity index (χ3n) is 5.35. The number of esters is 2. The van der Waals surface area contributed by atoms with Gasteiger partial charge in [0.25, 0.3) is 5.91 Å². The Kier molecular flexibility index (Phi) is 9.22. The zero-order chi connectivity index (χ0) is 24.6. The van der Waals surface area contributed by atoms with E-state index in [1.807, 2.05) is 6.92 Å². The maximum atomic E-state index is 13.2. The Morgan fingerprint density at radius 1 is 1.12 bits per heavy atom. The Hall–Kier alpha value is -3.14. The van der Waals surface area contributed by atoms with Crippen LogP contribution < -0.4 is 10.9 Å². The van der Waals surface area contributed by atoms with Gasteiger partial charge >= 0.3 is 17.9 Å². The minimum absolute atomic E-state index is 0.0191. The lowest BCUT2D eigenvalue weighted by atomic mass is 9.64. The van der Waals surface area contributed by atoms with Crippen LogP contribution in [0.25, 0.3) is 0 Å². The molecule has 3 N–H and O–H groups in total. The van der Waals surface area contributed by atoms with E-state index in [9.17, 15) is 24.3 Å². The van der Waals surface area contributed by atoms with Crippen molar-refractivity contribution in [1.82, 2.24) is 10.9 Å². The summed E-state index contributed by atoms with van der Waals surface area (Å²) in [6.07, 6.45) is 3.03. The number of aliphatic carboxylic acids is 1. The fourth-order valence-electron chi connectivity index (χ4n) is 3.64. The van der Waals surface area contributed by atoms with E-state index in [1.54, 1.807) is 44.2 Å². The molecule has 0 saturated heterocycles. The second kappa shape index (κ2) is 11.6. The number of hydrazine groups is 1. The lowest BCUT2D eigenvalue weighted by molar-refractivity contribution is -0.158. The van der Waals surface area contributed by atoms with Crippen LogP contribution >= 0.6 is 15.9 Å². The molecule has 2 unspecified atom stereocenters. The standard InChI is InChI=1S/C23H27BrN2O7/c1-4-32-19(27)17(20(28)33-5-2)13-25-26-21(29)23(22(30)31)11-10-14(3)12-18(23)15-6-8-16(24)9-7-15/h6-10,13,18,25H,4-5,11-12H2,1-3H3,(H,26,29)(H,30,31). The summed E-state index contributed by atoms with van der Waals surface area (Å²) in [7, 11) is 0. The number of carbonyl (C=O) groups is 4. The van der Waals surface area contributed by atoms with Crippen LogP contribution in [0.5, 0.6) is 0 Å². The molecule has 2 atom stereocenters. The summed E-state index contributed by atoms with van der Waals surface area (Å²) in [5.41, 5.74) is 4.12. The highest BCUT2D eigenvalue weighted by Gasteiger charge is 2.53. The van der Waals surface area contributed by atoms with E-state index in [1.165, 1.54) is 0 Å². The van der Waals surface area contributed by atoms with E-state index in [2.05, 4.69) is 26.8 Å². The summed E-state index contributed by atoms with van der Waals surface area (Å²) in [6, 6.07) is 7.15. The highest BCUT2D eigenvalue weighted by atomic mass is 79.9. The van der Waals surface area contributed by atoms with Crippen molar-refractivity contribution in [3.8, 4) is 0 Å². The third-order valence-corrected chi connectivity index (χ3v) is 5.87. The largest absolute Gasteiger partial charge is 0.480 e. The average Bonchev–Trinajstić information content (AvgIpc) is 2.77. The summed E-state index contributed by atoms with van der Waals surface area (Å²) in [5.74, 6) is -4.59. The highest BCUT2D eigenvalue weighted by Crippen LogP contribution is 2.47. The molecule has 1 aromatic rings. The molecule has 0 aliphatic heterocycles. The Morgan fingerprint density at radius 3 is 2.21 bits per heavy atom. The van der Waals surface area contributed by atoms with Crippen LogP contribution in [0, 0.1) is 5.41 Å². The summed E-state index contributed by atoms with van der Waals surface area (Å²) in [4.78, 5) is 49.8. The number of carboxylic acids is 1. The monoisotopic (exact) mass is 522 g/mol. The number of rotatable bonds is 9. The normalized spacial score (nSPS) is 19.5. The zero-order valence-corrected chi connectivity index (χ0v) is 20.2. The van der Waals surface area contributed by atoms with Crippen LogP contribution in [0.1, 0.15) is 45.1 Å². The number of allylic oxidation sites excluding steroid dienone is 2. The number of ether oxygens (including phenoxy) is 2. The molecule has 1 aromatic carbocycles. The van der Waals surface area contributed by atoms with Crippen LogP contribution in [-0.2, 0) is 28.7 Å². The summed E-state index contributed by atoms with van der Waals surface area (Å²) in [5, 5.41) is 10.2. The van der Waals surface area contributed by atoms with Crippen LogP contribution in [0.3, 0.4) is 0 Å². The molecule has 10 heteroatoms. The number of hydrogen-bond donors (Lipinski definition) is 3. The van der Waals surface area contributed by atoms with E-state index < -0.39 is 40.7 Å². The van der Waals surface area contributed by atoms with Crippen molar-refractivity contribution < 1.29 is 33.8 Å². The van der Waals surface area contributed by atoms with Gasteiger partial charge in [-0.3, -0.25) is 15.0 Å². The van der Waals surface area contributed by atoms with Gasteiger partial charge in [0.15, 0.2) is 11.0 Å². The van der Waals surface area contributed by atoms with Gasteiger partial charge in [0.05, 0.1) is 13.2 Å². The Labute approximate surface area is 200 Å². The van der Waals surface area contributed by atoms with Gasteiger partial charge in [-0.1, -0.05) is 39.7 Å². The molecule has 1 aliphatic carbocycles. The van der Waals surface area contributed by atoms with E-state index in [0.717, 1.165) is 16.2 Å². The molecule has 2 rings (SSSR count). The number of hydrogen-bond acceptors (Lipinski definition) is 7. The van der Waals surface area contributed by atoms with Crippen LogP contribution in [0.15, 0.2) is 52.2 Å². The molecule has 0 saturated carbocycles. The maximum absolute atomic E-state index is 13.2. The zero-order valence-electron chi connectivity index (χ0n) is 18.6. The second-order valence-electron chi connectivity index (χ2n) is 7.44. The van der Waals surface area contributed by atoms with Crippen molar-refractivity contribution in [2.24, 2.45) is 5.41 Å². The Morgan fingerprint density at radius 2 is 1.70 bits per heavy atom. The smallest absolute Gasteiger partial charge is 0.347 e. The van der Waals surface area contributed by atoms with Crippen molar-refractivity contribution in [1.29, 1.82) is 0 Å². The molecule has 0 spiro atoms. The number of nitrogens with one attached hydrogen (secondary N) is 2. The van der Waals surface area contributed by atoms with Gasteiger partial charge in [-0.25, -0.2) is 9.59 Å². The third kappa shape index (κ3) is 6.01. The molecule has 0 bridgehead atoms.